The summed E-state index contributed by atoms with van der Waals surface area (Å²) in [4.78, 5) is 17.7. The fourth-order valence-electron chi connectivity index (χ4n) is 3.11. The van der Waals surface area contributed by atoms with Crippen LogP contribution in [0.4, 0.5) is 0 Å². The fraction of sp³-hybridized carbons (Fsp3) is 0.333. The summed E-state index contributed by atoms with van der Waals surface area (Å²) in [6, 6.07) is 11.8. The Hall–Kier alpha value is -3.06. The molecule has 6 nitrogen and oxygen atoms in total. The Kier molecular flexibility index (Phi) is 7.52. The zero-order valence-electron chi connectivity index (χ0n) is 18.6. The van der Waals surface area contributed by atoms with Crippen molar-refractivity contribution in [1.29, 1.82) is 0 Å². The van der Waals surface area contributed by atoms with Gasteiger partial charge in [-0.05, 0) is 68.1 Å². The molecule has 1 amide bonds. The van der Waals surface area contributed by atoms with Crippen LogP contribution in [0, 0.1) is 20.8 Å². The monoisotopic (exact) mass is 440 g/mol. The molecule has 0 atom stereocenters. The van der Waals surface area contributed by atoms with Gasteiger partial charge in [0, 0.05) is 6.54 Å². The standard InChI is InChI=1S/C24H28N2O4S/c1-15-6-8-19(12-16(15)2)30-14-22-26-17(3)23(31-22)24(27)25-11-10-18-7-9-20(28-4)21(13-18)29-5/h6-9,12-13H,10-11,14H2,1-5H3,(H,25,27). The molecule has 1 aromatic heterocycles. The van der Waals surface area contributed by atoms with Crippen molar-refractivity contribution in [3.63, 3.8) is 0 Å². The van der Waals surface area contributed by atoms with Crippen LogP contribution in [-0.4, -0.2) is 31.7 Å². The van der Waals surface area contributed by atoms with Gasteiger partial charge in [-0.1, -0.05) is 12.1 Å². The van der Waals surface area contributed by atoms with E-state index >= 15 is 0 Å². The van der Waals surface area contributed by atoms with E-state index in [1.807, 2.05) is 43.3 Å². The quantitative estimate of drug-likeness (QED) is 0.525. The first-order chi connectivity index (χ1) is 14.9. The van der Waals surface area contributed by atoms with Gasteiger partial charge in [0.1, 0.15) is 22.2 Å². The number of rotatable bonds is 9. The minimum atomic E-state index is -0.118. The highest BCUT2D eigenvalue weighted by Gasteiger charge is 2.15. The topological polar surface area (TPSA) is 69.7 Å². The molecule has 0 bridgehead atoms. The summed E-state index contributed by atoms with van der Waals surface area (Å²) in [5.74, 6) is 2.05. The number of carbonyl (C=O) groups excluding carboxylic acids is 1. The van der Waals surface area contributed by atoms with E-state index in [2.05, 4.69) is 24.1 Å². The molecule has 0 aliphatic heterocycles. The van der Waals surface area contributed by atoms with Crippen molar-refractivity contribution in [3.8, 4) is 17.2 Å². The molecular formula is C24H28N2O4S. The zero-order valence-corrected chi connectivity index (χ0v) is 19.4. The van der Waals surface area contributed by atoms with Crippen LogP contribution in [0.15, 0.2) is 36.4 Å². The first-order valence-electron chi connectivity index (χ1n) is 10.1. The number of methoxy groups -OCH3 is 2. The molecule has 0 saturated heterocycles. The molecule has 7 heteroatoms. The number of carbonyl (C=O) groups is 1. The van der Waals surface area contributed by atoms with Gasteiger partial charge in [-0.15, -0.1) is 11.3 Å². The molecule has 0 aliphatic carbocycles. The molecule has 0 saturated carbocycles. The predicted molar refractivity (Wildman–Crippen MR) is 123 cm³/mol. The van der Waals surface area contributed by atoms with Crippen LogP contribution in [0.5, 0.6) is 17.2 Å². The average Bonchev–Trinajstić information content (AvgIpc) is 3.15. The van der Waals surface area contributed by atoms with Crippen molar-refractivity contribution in [1.82, 2.24) is 10.3 Å². The van der Waals surface area contributed by atoms with Crippen LogP contribution in [0.1, 0.15) is 37.1 Å². The maximum atomic E-state index is 12.6. The lowest BCUT2D eigenvalue weighted by Gasteiger charge is -2.10. The Bertz CT molecular complexity index is 1060. The van der Waals surface area contributed by atoms with E-state index in [-0.39, 0.29) is 5.91 Å². The van der Waals surface area contributed by atoms with E-state index in [0.717, 1.165) is 16.3 Å². The molecule has 1 N–H and O–H groups in total. The lowest BCUT2D eigenvalue weighted by atomic mass is 10.1. The summed E-state index contributed by atoms with van der Waals surface area (Å²) in [5, 5.41) is 3.75. The Labute approximate surface area is 187 Å². The van der Waals surface area contributed by atoms with Crippen molar-refractivity contribution in [2.45, 2.75) is 33.8 Å². The smallest absolute Gasteiger partial charge is 0.263 e. The van der Waals surface area contributed by atoms with Gasteiger partial charge in [0.15, 0.2) is 11.5 Å². The molecule has 0 radical (unpaired) electrons. The number of amides is 1. The Morgan fingerprint density at radius 3 is 2.48 bits per heavy atom. The molecule has 0 unspecified atom stereocenters. The number of hydrogen-bond acceptors (Lipinski definition) is 6. The second kappa shape index (κ2) is 10.3. The van der Waals surface area contributed by atoms with Gasteiger partial charge in [-0.2, -0.15) is 0 Å². The van der Waals surface area contributed by atoms with Gasteiger partial charge < -0.3 is 19.5 Å². The number of hydrogen-bond donors (Lipinski definition) is 1. The van der Waals surface area contributed by atoms with Gasteiger partial charge in [-0.25, -0.2) is 4.98 Å². The maximum absolute atomic E-state index is 12.6. The van der Waals surface area contributed by atoms with Crippen molar-refractivity contribution in [3.05, 3.63) is 68.7 Å². The van der Waals surface area contributed by atoms with Crippen LogP contribution < -0.4 is 19.5 Å². The van der Waals surface area contributed by atoms with Crippen LogP contribution >= 0.6 is 11.3 Å². The second-order valence-electron chi connectivity index (χ2n) is 7.25. The number of nitrogens with zero attached hydrogens (tertiary/aromatic N) is 1. The number of thiazole rings is 1. The minimum Gasteiger partial charge on any atom is -0.493 e. The van der Waals surface area contributed by atoms with Crippen LogP contribution in [0.25, 0.3) is 0 Å². The molecule has 1 heterocycles. The SMILES string of the molecule is COc1ccc(CCNC(=O)c2sc(COc3ccc(C)c(C)c3)nc2C)cc1OC. The van der Waals surface area contributed by atoms with Crippen molar-refractivity contribution in [2.75, 3.05) is 20.8 Å². The van der Waals surface area contributed by atoms with Gasteiger partial charge in [0.25, 0.3) is 5.91 Å². The Morgan fingerprint density at radius 1 is 1.00 bits per heavy atom. The maximum Gasteiger partial charge on any atom is 0.263 e. The number of ether oxygens (including phenoxy) is 3. The van der Waals surface area contributed by atoms with E-state index in [0.29, 0.717) is 41.6 Å². The highest BCUT2D eigenvalue weighted by atomic mass is 32.1. The molecule has 3 aromatic rings. The lowest BCUT2D eigenvalue weighted by molar-refractivity contribution is 0.0957. The third-order valence-corrected chi connectivity index (χ3v) is 6.16. The normalized spacial score (nSPS) is 10.6. The molecule has 31 heavy (non-hydrogen) atoms. The molecular weight excluding hydrogens is 412 g/mol. The predicted octanol–water partition coefficient (Wildman–Crippen LogP) is 4.64. The molecule has 2 aromatic carbocycles. The highest BCUT2D eigenvalue weighted by Crippen LogP contribution is 2.27. The summed E-state index contributed by atoms with van der Waals surface area (Å²) in [7, 11) is 3.22. The van der Waals surface area contributed by atoms with E-state index in [1.54, 1.807) is 14.2 Å². The summed E-state index contributed by atoms with van der Waals surface area (Å²) in [6.45, 7) is 6.83. The Balaban J connectivity index is 1.55. The van der Waals surface area contributed by atoms with Crippen molar-refractivity contribution >= 4 is 17.2 Å². The van der Waals surface area contributed by atoms with Crippen LogP contribution in [0.2, 0.25) is 0 Å². The fourth-order valence-corrected chi connectivity index (χ4v) is 4.00. The number of nitrogens with one attached hydrogen (secondary N) is 1. The van der Waals surface area contributed by atoms with Gasteiger partial charge >= 0.3 is 0 Å². The largest absolute Gasteiger partial charge is 0.493 e. The van der Waals surface area contributed by atoms with Crippen molar-refractivity contribution < 1.29 is 19.0 Å². The van der Waals surface area contributed by atoms with E-state index in [1.165, 1.54) is 22.5 Å². The number of aromatic nitrogens is 1. The number of benzene rings is 2. The first kappa shape index (κ1) is 22.6. The third kappa shape index (κ3) is 5.76. The highest BCUT2D eigenvalue weighted by molar-refractivity contribution is 7.13. The van der Waals surface area contributed by atoms with Crippen LogP contribution in [-0.2, 0) is 13.0 Å². The van der Waals surface area contributed by atoms with E-state index < -0.39 is 0 Å². The van der Waals surface area contributed by atoms with Gasteiger partial charge in [-0.3, -0.25) is 4.79 Å². The van der Waals surface area contributed by atoms with Crippen molar-refractivity contribution in [2.24, 2.45) is 0 Å². The summed E-state index contributed by atoms with van der Waals surface area (Å²) < 4.78 is 16.4. The van der Waals surface area contributed by atoms with Gasteiger partial charge in [0.05, 0.1) is 19.9 Å². The molecule has 164 valence electrons. The van der Waals surface area contributed by atoms with Gasteiger partial charge in [0.2, 0.25) is 0 Å². The summed E-state index contributed by atoms with van der Waals surface area (Å²) in [6.07, 6.45) is 0.687. The molecule has 0 fully saturated rings. The summed E-state index contributed by atoms with van der Waals surface area (Å²) in [5.41, 5.74) is 4.18. The second-order valence-corrected chi connectivity index (χ2v) is 8.34. The van der Waals surface area contributed by atoms with E-state index in [9.17, 15) is 4.79 Å². The minimum absolute atomic E-state index is 0.118. The first-order valence-corrected chi connectivity index (χ1v) is 10.9. The van der Waals surface area contributed by atoms with E-state index in [4.69, 9.17) is 14.2 Å². The average molecular weight is 441 g/mol. The zero-order chi connectivity index (χ0) is 22.4. The van der Waals surface area contributed by atoms with Crippen LogP contribution in [0.3, 0.4) is 0 Å². The Morgan fingerprint density at radius 2 is 1.77 bits per heavy atom. The molecule has 0 aliphatic rings. The molecule has 0 spiro atoms. The summed E-state index contributed by atoms with van der Waals surface area (Å²) >= 11 is 1.37. The lowest BCUT2D eigenvalue weighted by Crippen LogP contribution is -2.25. The number of aryl methyl sites for hydroxylation is 3. The molecule has 3 rings (SSSR count). The third-order valence-electron chi connectivity index (χ3n) is 5.03.